The number of hydrogen-bond donors (Lipinski definition) is 0. The van der Waals surface area contributed by atoms with Crippen LogP contribution in [-0.2, 0) is 21.8 Å². The molecule has 1 aromatic carbocycles. The minimum atomic E-state index is -1.14. The first kappa shape index (κ1) is 9.40. The van der Waals surface area contributed by atoms with Crippen LogP contribution in [0, 0.1) is 0 Å². The summed E-state index contributed by atoms with van der Waals surface area (Å²) in [4.78, 5) is 0. The van der Waals surface area contributed by atoms with Crippen molar-refractivity contribution >= 4 is 6.08 Å². The zero-order chi connectivity index (χ0) is 9.42. The Kier molecular flexibility index (Phi) is 2.56. The van der Waals surface area contributed by atoms with Gasteiger partial charge in [0.05, 0.1) is 0 Å². The van der Waals surface area contributed by atoms with Crippen LogP contribution in [0.4, 0.5) is 0 Å². The van der Waals surface area contributed by atoms with Crippen molar-refractivity contribution in [3.8, 4) is 0 Å². The van der Waals surface area contributed by atoms with Gasteiger partial charge in [0.15, 0.2) is 0 Å². The fourth-order valence-electron chi connectivity index (χ4n) is 2.07. The molecule has 0 aromatic heterocycles. The molecule has 0 aliphatic heterocycles. The molecule has 2 rings (SSSR count). The van der Waals surface area contributed by atoms with Crippen LogP contribution in [0.1, 0.15) is 24.0 Å². The molecule has 0 N–H and O–H groups in total. The van der Waals surface area contributed by atoms with Crippen LogP contribution in [0.15, 0.2) is 27.5 Å². The van der Waals surface area contributed by atoms with Gasteiger partial charge in [0.25, 0.3) is 0 Å². The van der Waals surface area contributed by atoms with Crippen molar-refractivity contribution in [3.63, 3.8) is 0 Å². The predicted molar refractivity (Wildman–Crippen MR) is 54.6 cm³/mol. The van der Waals surface area contributed by atoms with E-state index in [1.54, 1.807) is 8.84 Å². The molecule has 0 saturated heterocycles. The summed E-state index contributed by atoms with van der Waals surface area (Å²) in [5, 5.41) is 0. The Hall–Kier alpha value is -0.157. The molecule has 1 aromatic rings. The Bertz CT molecular complexity index is 350. The summed E-state index contributed by atoms with van der Waals surface area (Å²) in [5.74, 6) is 0.709. The zero-order valence-electron chi connectivity index (χ0n) is 8.46. The van der Waals surface area contributed by atoms with E-state index in [1.165, 1.54) is 5.56 Å². The van der Waals surface area contributed by atoms with Gasteiger partial charge in [-0.05, 0) is 0 Å². The molecule has 1 atom stereocenters. The van der Waals surface area contributed by atoms with Gasteiger partial charge in [0.2, 0.25) is 0 Å². The summed E-state index contributed by atoms with van der Waals surface area (Å²) in [6.07, 6.45) is 2.44. The van der Waals surface area contributed by atoms with E-state index < -0.39 is 21.8 Å². The predicted octanol–water partition coefficient (Wildman–Crippen LogP) is 3.86. The van der Waals surface area contributed by atoms with Crippen LogP contribution in [0.3, 0.4) is 0 Å². The third-order valence-corrected chi connectivity index (χ3v) is 7.07. The molecule has 1 aliphatic carbocycles. The summed E-state index contributed by atoms with van der Waals surface area (Å²) in [6.45, 7) is 2.35. The fraction of sp³-hybridized carbons (Fsp3) is 0.333. The first-order valence-electron chi connectivity index (χ1n) is 4.81. The Labute approximate surface area is 88.3 Å². The number of rotatable bonds is 1. The van der Waals surface area contributed by atoms with Gasteiger partial charge >= 0.3 is 88.6 Å². The van der Waals surface area contributed by atoms with Gasteiger partial charge < -0.3 is 0 Å². The number of benzene rings is 1. The minimum absolute atomic E-state index is 0.709. The van der Waals surface area contributed by atoms with Gasteiger partial charge in [-0.1, -0.05) is 0 Å². The molecule has 1 heteroatoms. The summed E-state index contributed by atoms with van der Waals surface area (Å²) in [7, 11) is 0. The van der Waals surface area contributed by atoms with Crippen molar-refractivity contribution in [2.75, 3.05) is 0 Å². The second kappa shape index (κ2) is 3.54. The van der Waals surface area contributed by atoms with E-state index >= 15 is 0 Å². The van der Waals surface area contributed by atoms with Crippen LogP contribution >= 0.6 is 0 Å². The van der Waals surface area contributed by atoms with Crippen LogP contribution in [0.25, 0.3) is 6.08 Å². The van der Waals surface area contributed by atoms with E-state index in [0.29, 0.717) is 5.92 Å². The van der Waals surface area contributed by atoms with Crippen LogP contribution in [0.5, 0.6) is 0 Å². The fourth-order valence-corrected chi connectivity index (χ4v) is 5.68. The molecule has 0 spiro atoms. The SMILES string of the molecule is CC1[C]([Zr]([CH3])[CH3])=Cc2ccccc21. The van der Waals surface area contributed by atoms with Crippen LogP contribution in [0.2, 0.25) is 9.26 Å². The molecule has 67 valence electrons. The van der Waals surface area contributed by atoms with Gasteiger partial charge in [0, 0.05) is 0 Å². The monoisotopic (exact) mass is 249 g/mol. The first-order chi connectivity index (χ1) is 6.20. The summed E-state index contributed by atoms with van der Waals surface area (Å²) >= 11 is -1.14. The molecule has 0 nitrogen and oxygen atoms in total. The molecule has 1 unspecified atom stereocenters. The van der Waals surface area contributed by atoms with Gasteiger partial charge in [-0.3, -0.25) is 0 Å². The molecular weight excluding hydrogens is 235 g/mol. The molecule has 1 aliphatic rings. The second-order valence-corrected chi connectivity index (χ2v) is 10.3. The van der Waals surface area contributed by atoms with Crippen molar-refractivity contribution in [2.45, 2.75) is 22.1 Å². The molecule has 0 bridgehead atoms. The molecule has 0 fully saturated rings. The average Bonchev–Trinajstić information content (AvgIpc) is 2.45. The van der Waals surface area contributed by atoms with Crippen molar-refractivity contribution in [1.82, 2.24) is 0 Å². The Morgan fingerprint density at radius 3 is 2.46 bits per heavy atom. The van der Waals surface area contributed by atoms with E-state index in [-0.39, 0.29) is 0 Å². The first-order valence-corrected chi connectivity index (χ1v) is 11.0. The molecule has 13 heavy (non-hydrogen) atoms. The van der Waals surface area contributed by atoms with Crippen molar-refractivity contribution < 1.29 is 21.8 Å². The van der Waals surface area contributed by atoms with E-state index in [9.17, 15) is 0 Å². The van der Waals surface area contributed by atoms with E-state index in [4.69, 9.17) is 0 Å². The molecule has 0 saturated carbocycles. The van der Waals surface area contributed by atoms with Crippen LogP contribution < -0.4 is 0 Å². The summed E-state index contributed by atoms with van der Waals surface area (Å²) in [6, 6.07) is 8.81. The Morgan fingerprint density at radius 2 is 1.85 bits per heavy atom. The third kappa shape index (κ3) is 1.59. The quantitative estimate of drug-likeness (QED) is 0.710. The van der Waals surface area contributed by atoms with Crippen molar-refractivity contribution in [2.24, 2.45) is 0 Å². The van der Waals surface area contributed by atoms with Crippen molar-refractivity contribution in [1.29, 1.82) is 0 Å². The summed E-state index contributed by atoms with van der Waals surface area (Å²) in [5.41, 5.74) is 3.01. The Morgan fingerprint density at radius 1 is 1.15 bits per heavy atom. The summed E-state index contributed by atoms with van der Waals surface area (Å²) < 4.78 is 6.70. The number of fused-ring (bicyclic) bond motifs is 1. The van der Waals surface area contributed by atoms with Gasteiger partial charge in [0.1, 0.15) is 0 Å². The topological polar surface area (TPSA) is 0 Å². The molecular formula is C12H15Zr. The van der Waals surface area contributed by atoms with E-state index in [1.807, 2.05) is 0 Å². The van der Waals surface area contributed by atoms with E-state index in [2.05, 4.69) is 46.5 Å². The van der Waals surface area contributed by atoms with Crippen molar-refractivity contribution in [3.05, 3.63) is 38.7 Å². The molecule has 0 amide bonds. The maximum atomic E-state index is 2.47. The molecule has 0 radical (unpaired) electrons. The zero-order valence-corrected chi connectivity index (χ0v) is 10.9. The third-order valence-electron chi connectivity index (χ3n) is 2.82. The van der Waals surface area contributed by atoms with Gasteiger partial charge in [-0.25, -0.2) is 0 Å². The Balaban J connectivity index is 2.44. The van der Waals surface area contributed by atoms with Gasteiger partial charge in [-0.15, -0.1) is 0 Å². The maximum absolute atomic E-state index is 2.47. The van der Waals surface area contributed by atoms with Crippen LogP contribution in [-0.4, -0.2) is 0 Å². The van der Waals surface area contributed by atoms with Gasteiger partial charge in [-0.2, -0.15) is 0 Å². The number of allylic oxidation sites excluding steroid dienone is 1. The second-order valence-electron chi connectivity index (χ2n) is 3.95. The molecule has 0 heterocycles. The van der Waals surface area contributed by atoms with E-state index in [0.717, 1.165) is 0 Å². The number of hydrogen-bond acceptors (Lipinski definition) is 0. The standard InChI is InChI=1S/C10H9.2CH3.Zr/c1-8-6-7-9-4-2-3-5-10(8)9;;;/h2-5,7-8H,1H3;2*1H3;. The average molecular weight is 250 g/mol. The normalized spacial score (nSPS) is 19.6.